The van der Waals surface area contributed by atoms with Crippen molar-refractivity contribution >= 4 is 24.4 Å². The van der Waals surface area contributed by atoms with Gasteiger partial charge in [-0.05, 0) is 29.0 Å². The molecule has 0 aromatic heterocycles. The number of hydrogen-bond donors (Lipinski definition) is 0. The number of fused-ring (bicyclic) bond motifs is 1. The topological polar surface area (TPSA) is 89.5 Å². The van der Waals surface area contributed by atoms with Crippen molar-refractivity contribution in [3.05, 3.63) is 77.9 Å². The fourth-order valence-corrected chi connectivity index (χ4v) is 2.68. The largest absolute Gasteiger partial charge is 1.00 e. The minimum Gasteiger partial charge on any atom is -0.780 e. The first-order valence-electron chi connectivity index (χ1n) is 6.78. The first-order chi connectivity index (χ1) is 10.9. The van der Waals surface area contributed by atoms with Crippen molar-refractivity contribution in [1.29, 1.82) is 0 Å². The Balaban J connectivity index is 0.00000156. The van der Waals surface area contributed by atoms with E-state index in [0.717, 1.165) is 5.39 Å². The van der Waals surface area contributed by atoms with Crippen LogP contribution in [0.5, 0.6) is 5.75 Å². The van der Waals surface area contributed by atoms with Crippen LogP contribution in [-0.2, 0) is 4.57 Å². The molecule has 0 unspecified atom stereocenters. The van der Waals surface area contributed by atoms with Crippen molar-refractivity contribution in [2.45, 2.75) is 0 Å². The van der Waals surface area contributed by atoms with Crippen LogP contribution in [0.1, 0.15) is 15.9 Å². The van der Waals surface area contributed by atoms with Crippen molar-refractivity contribution in [1.82, 2.24) is 0 Å². The van der Waals surface area contributed by atoms with Crippen LogP contribution in [0.15, 0.2) is 66.7 Å². The van der Waals surface area contributed by atoms with Gasteiger partial charge in [0.15, 0.2) is 5.78 Å². The van der Waals surface area contributed by atoms with Crippen LogP contribution < -0.4 is 73.4 Å². The molecule has 0 amide bonds. The van der Waals surface area contributed by atoms with Crippen LogP contribution in [-0.4, -0.2) is 5.78 Å². The van der Waals surface area contributed by atoms with Crippen LogP contribution in [0, 0.1) is 0 Å². The summed E-state index contributed by atoms with van der Waals surface area (Å²) in [5.74, 6) is -0.215. The van der Waals surface area contributed by atoms with Gasteiger partial charge in [0.1, 0.15) is 13.6 Å². The van der Waals surface area contributed by atoms with Crippen molar-refractivity contribution in [2.75, 3.05) is 0 Å². The monoisotopic (exact) mass is 372 g/mol. The van der Waals surface area contributed by atoms with Gasteiger partial charge in [-0.1, -0.05) is 48.5 Å². The summed E-state index contributed by atoms with van der Waals surface area (Å²) in [6, 6.07) is 18.3. The summed E-state index contributed by atoms with van der Waals surface area (Å²) in [5, 5.41) is 1.41. The van der Waals surface area contributed by atoms with E-state index < -0.39 is 7.82 Å². The number of carbonyl (C=O) groups is 1. The van der Waals surface area contributed by atoms with E-state index in [2.05, 4.69) is 4.52 Å². The average molecular weight is 372 g/mol. The minimum absolute atomic E-state index is 0. The number of rotatable bonds is 4. The second-order valence-electron chi connectivity index (χ2n) is 4.96. The predicted molar refractivity (Wildman–Crippen MR) is 82.1 cm³/mol. The van der Waals surface area contributed by atoms with Gasteiger partial charge in [-0.2, -0.15) is 0 Å². The summed E-state index contributed by atoms with van der Waals surface area (Å²) in [5.41, 5.74) is 1.02. The predicted octanol–water partition coefficient (Wildman–Crippen LogP) is -3.71. The normalized spacial score (nSPS) is 10.5. The Hall–Kier alpha value is -0.460. The molecular formula is C17H11Na2O5P. The Bertz CT molecular complexity index is 925. The molecule has 0 fully saturated rings. The maximum Gasteiger partial charge on any atom is 1.00 e. The number of ketones is 1. The van der Waals surface area contributed by atoms with Crippen LogP contribution in [0.2, 0.25) is 0 Å². The van der Waals surface area contributed by atoms with E-state index >= 15 is 0 Å². The van der Waals surface area contributed by atoms with Gasteiger partial charge in [-0.25, -0.2) is 0 Å². The molecule has 0 N–H and O–H groups in total. The van der Waals surface area contributed by atoms with Crippen molar-refractivity contribution in [2.24, 2.45) is 0 Å². The van der Waals surface area contributed by atoms with E-state index in [9.17, 15) is 19.1 Å². The third-order valence-corrected chi connectivity index (χ3v) is 3.76. The molecule has 0 atom stereocenters. The zero-order chi connectivity index (χ0) is 16.4. The Labute approximate surface area is 189 Å². The van der Waals surface area contributed by atoms with Gasteiger partial charge < -0.3 is 18.9 Å². The summed E-state index contributed by atoms with van der Waals surface area (Å²) in [6.45, 7) is 0. The molecule has 0 saturated carbocycles. The summed E-state index contributed by atoms with van der Waals surface area (Å²) in [7, 11) is -5.11. The zero-order valence-corrected chi connectivity index (χ0v) is 18.7. The Morgan fingerprint density at radius 3 is 2.08 bits per heavy atom. The Kier molecular flexibility index (Phi) is 8.55. The van der Waals surface area contributed by atoms with Gasteiger partial charge in [0.25, 0.3) is 0 Å². The number of phosphoric acid groups is 1. The molecule has 3 rings (SSSR count). The Morgan fingerprint density at radius 2 is 1.44 bits per heavy atom. The maximum absolute atomic E-state index is 12.4. The molecular weight excluding hydrogens is 361 g/mol. The van der Waals surface area contributed by atoms with Crippen LogP contribution in [0.4, 0.5) is 0 Å². The first-order valence-corrected chi connectivity index (χ1v) is 8.24. The molecule has 0 radical (unpaired) electrons. The maximum atomic E-state index is 12.4. The summed E-state index contributed by atoms with van der Waals surface area (Å²) < 4.78 is 15.0. The van der Waals surface area contributed by atoms with E-state index in [1.54, 1.807) is 48.5 Å². The van der Waals surface area contributed by atoms with Gasteiger partial charge in [-0.15, -0.1) is 0 Å². The standard InChI is InChI=1S/C17H13O5P.2Na/c18-17(13-4-2-1-3-5-13)14-7-6-12-8-9-16(11-15(12)10-14)22-23(19,20)21;;/h1-11H,(H2,19,20,21);;/q;2*+1/p-2. The van der Waals surface area contributed by atoms with Crippen molar-refractivity contribution in [3.8, 4) is 5.75 Å². The molecule has 0 heterocycles. The van der Waals surface area contributed by atoms with Crippen LogP contribution >= 0.6 is 7.82 Å². The van der Waals surface area contributed by atoms with Gasteiger partial charge in [-0.3, -0.25) is 4.79 Å². The molecule has 3 aromatic carbocycles. The first kappa shape index (κ1) is 22.6. The smallest absolute Gasteiger partial charge is 0.780 e. The van der Waals surface area contributed by atoms with E-state index in [0.29, 0.717) is 16.5 Å². The molecule has 0 aliphatic carbocycles. The van der Waals surface area contributed by atoms with Crippen LogP contribution in [0.3, 0.4) is 0 Å². The van der Waals surface area contributed by atoms with Crippen LogP contribution in [0.25, 0.3) is 10.8 Å². The number of hydrogen-bond acceptors (Lipinski definition) is 5. The van der Waals surface area contributed by atoms with E-state index in [4.69, 9.17) is 0 Å². The van der Waals surface area contributed by atoms with Gasteiger partial charge >= 0.3 is 59.1 Å². The van der Waals surface area contributed by atoms with Crippen molar-refractivity contribution < 1.29 is 82.8 Å². The fourth-order valence-electron chi connectivity index (χ4n) is 2.31. The molecule has 0 bridgehead atoms. The van der Waals surface area contributed by atoms with Crippen molar-refractivity contribution in [3.63, 3.8) is 0 Å². The van der Waals surface area contributed by atoms with Gasteiger partial charge in [0, 0.05) is 11.1 Å². The molecule has 0 aliphatic heterocycles. The molecule has 0 aliphatic rings. The Morgan fingerprint density at radius 1 is 0.800 bits per heavy atom. The third-order valence-electron chi connectivity index (χ3n) is 3.33. The number of carbonyl (C=O) groups excluding carboxylic acids is 1. The zero-order valence-electron chi connectivity index (χ0n) is 13.8. The summed E-state index contributed by atoms with van der Waals surface area (Å²) >= 11 is 0. The van der Waals surface area contributed by atoms with E-state index in [1.807, 2.05) is 6.07 Å². The fraction of sp³-hybridized carbons (Fsp3) is 0. The average Bonchev–Trinajstić information content (AvgIpc) is 2.53. The second kappa shape index (κ2) is 9.47. The minimum atomic E-state index is -5.11. The summed E-state index contributed by atoms with van der Waals surface area (Å²) in [4.78, 5) is 33.8. The summed E-state index contributed by atoms with van der Waals surface area (Å²) in [6.07, 6.45) is 0. The van der Waals surface area contributed by atoms with E-state index in [1.165, 1.54) is 12.1 Å². The quantitative estimate of drug-likeness (QED) is 0.267. The molecule has 0 saturated heterocycles. The van der Waals surface area contributed by atoms with E-state index in [-0.39, 0.29) is 70.6 Å². The molecule has 5 nitrogen and oxygen atoms in total. The molecule has 3 aromatic rings. The molecule has 0 spiro atoms. The molecule has 116 valence electrons. The number of benzene rings is 3. The van der Waals surface area contributed by atoms with Gasteiger partial charge in [0.2, 0.25) is 0 Å². The molecule has 25 heavy (non-hydrogen) atoms. The van der Waals surface area contributed by atoms with Gasteiger partial charge in [0.05, 0.1) is 0 Å². The third kappa shape index (κ3) is 6.04. The number of phosphoric ester groups is 1. The second-order valence-corrected chi connectivity index (χ2v) is 6.03. The molecule has 8 heteroatoms. The SMILES string of the molecule is O=C(c1ccccc1)c1ccc2ccc(OP(=O)([O-])[O-])cc2c1.[Na+].[Na+].